The fraction of sp³-hybridized carbons (Fsp3) is 0.562. The number of nitrogens with zero attached hydrogens (tertiary/aromatic N) is 1. The van der Waals surface area contributed by atoms with Gasteiger partial charge in [0.15, 0.2) is 0 Å². The van der Waals surface area contributed by atoms with Crippen LogP contribution < -0.4 is 11.3 Å². The van der Waals surface area contributed by atoms with Gasteiger partial charge in [0.2, 0.25) is 5.91 Å². The fourth-order valence-electron chi connectivity index (χ4n) is 2.92. The summed E-state index contributed by atoms with van der Waals surface area (Å²) < 4.78 is 0. The van der Waals surface area contributed by atoms with Gasteiger partial charge < -0.3 is 0 Å². The van der Waals surface area contributed by atoms with Crippen LogP contribution in [0.2, 0.25) is 0 Å². The summed E-state index contributed by atoms with van der Waals surface area (Å²) in [6.07, 6.45) is 2.92. The predicted molar refractivity (Wildman–Crippen MR) is 80.7 cm³/mol. The summed E-state index contributed by atoms with van der Waals surface area (Å²) in [5, 5.41) is 0. The number of amides is 1. The van der Waals surface area contributed by atoms with Crippen molar-refractivity contribution in [1.29, 1.82) is 0 Å². The third-order valence-corrected chi connectivity index (χ3v) is 4.21. The maximum absolute atomic E-state index is 11.2. The molecule has 4 heteroatoms. The van der Waals surface area contributed by atoms with E-state index in [0.717, 1.165) is 18.0 Å². The molecule has 2 atom stereocenters. The van der Waals surface area contributed by atoms with Crippen LogP contribution in [0.5, 0.6) is 0 Å². The maximum Gasteiger partial charge on any atom is 0.238 e. The molecule has 110 valence electrons. The minimum absolute atomic E-state index is 0.156. The summed E-state index contributed by atoms with van der Waals surface area (Å²) in [5.74, 6) is 5.78. The largest absolute Gasteiger partial charge is 0.296 e. The Hall–Kier alpha value is -1.39. The van der Waals surface area contributed by atoms with Crippen LogP contribution in [0.3, 0.4) is 0 Å². The minimum Gasteiger partial charge on any atom is -0.296 e. The van der Waals surface area contributed by atoms with Crippen LogP contribution in [0, 0.1) is 5.92 Å². The van der Waals surface area contributed by atoms with Crippen molar-refractivity contribution in [3.8, 4) is 0 Å². The molecule has 1 saturated heterocycles. The lowest BCUT2D eigenvalue weighted by Crippen LogP contribution is -2.39. The van der Waals surface area contributed by atoms with Crippen LogP contribution in [0.25, 0.3) is 0 Å². The van der Waals surface area contributed by atoms with Gasteiger partial charge in [-0.15, -0.1) is 0 Å². The number of carbonyl (C=O) groups is 1. The number of nitrogens with one attached hydrogen (secondary N) is 1. The lowest BCUT2D eigenvalue weighted by molar-refractivity contribution is -0.120. The molecule has 4 nitrogen and oxygen atoms in total. The first kappa shape index (κ1) is 15.0. The number of hydrogen-bond donors (Lipinski definition) is 2. The number of piperidine rings is 1. The highest BCUT2D eigenvalue weighted by Crippen LogP contribution is 2.23. The van der Waals surface area contributed by atoms with Gasteiger partial charge in [-0.3, -0.25) is 15.1 Å². The first-order valence-electron chi connectivity index (χ1n) is 7.39. The first-order valence-corrected chi connectivity index (χ1v) is 7.39. The Morgan fingerprint density at radius 2 is 1.95 bits per heavy atom. The number of benzene rings is 1. The van der Waals surface area contributed by atoms with Crippen molar-refractivity contribution < 1.29 is 4.79 Å². The van der Waals surface area contributed by atoms with Gasteiger partial charge >= 0.3 is 0 Å². The third kappa shape index (κ3) is 4.05. The number of likely N-dealkylation sites (tertiary alicyclic amines) is 1. The Balaban J connectivity index is 1.92. The molecule has 1 fully saturated rings. The molecule has 0 spiro atoms. The number of rotatable bonds is 4. The SMILES string of the molecule is CC1CCN(Cc2ccc(CC(=O)NN)cc2)C(C)C1. The summed E-state index contributed by atoms with van der Waals surface area (Å²) >= 11 is 0. The molecule has 1 heterocycles. The summed E-state index contributed by atoms with van der Waals surface area (Å²) in [5.41, 5.74) is 4.46. The van der Waals surface area contributed by atoms with Crippen LogP contribution >= 0.6 is 0 Å². The number of hydrazine groups is 1. The zero-order valence-electron chi connectivity index (χ0n) is 12.4. The van der Waals surface area contributed by atoms with E-state index < -0.39 is 0 Å². The molecule has 2 unspecified atom stereocenters. The van der Waals surface area contributed by atoms with Crippen LogP contribution in [0.15, 0.2) is 24.3 Å². The predicted octanol–water partition coefficient (Wildman–Crippen LogP) is 1.84. The number of nitrogens with two attached hydrogens (primary N) is 1. The zero-order valence-corrected chi connectivity index (χ0v) is 12.4. The van der Waals surface area contributed by atoms with E-state index in [0.29, 0.717) is 12.5 Å². The normalized spacial score (nSPS) is 23.6. The second kappa shape index (κ2) is 6.86. The molecule has 0 aliphatic carbocycles. The first-order chi connectivity index (χ1) is 9.58. The van der Waals surface area contributed by atoms with E-state index in [9.17, 15) is 4.79 Å². The smallest absolute Gasteiger partial charge is 0.238 e. The second-order valence-electron chi connectivity index (χ2n) is 6.01. The van der Waals surface area contributed by atoms with E-state index in [1.165, 1.54) is 24.9 Å². The molecule has 1 amide bonds. The van der Waals surface area contributed by atoms with E-state index in [2.05, 4.69) is 36.3 Å². The third-order valence-electron chi connectivity index (χ3n) is 4.21. The summed E-state index contributed by atoms with van der Waals surface area (Å²) in [7, 11) is 0. The quantitative estimate of drug-likeness (QED) is 0.501. The minimum atomic E-state index is -0.156. The monoisotopic (exact) mass is 275 g/mol. The van der Waals surface area contributed by atoms with Gasteiger partial charge in [-0.25, -0.2) is 5.84 Å². The van der Waals surface area contributed by atoms with Crippen molar-refractivity contribution in [2.24, 2.45) is 11.8 Å². The maximum atomic E-state index is 11.2. The summed E-state index contributed by atoms with van der Waals surface area (Å²) in [4.78, 5) is 13.8. The van der Waals surface area contributed by atoms with Crippen LogP contribution in [-0.4, -0.2) is 23.4 Å². The Morgan fingerprint density at radius 1 is 1.30 bits per heavy atom. The highest BCUT2D eigenvalue weighted by molar-refractivity contribution is 5.77. The molecule has 1 aliphatic heterocycles. The molecule has 0 saturated carbocycles. The fourth-order valence-corrected chi connectivity index (χ4v) is 2.92. The lowest BCUT2D eigenvalue weighted by atomic mass is 9.93. The molecule has 0 radical (unpaired) electrons. The Bertz CT molecular complexity index is 444. The molecule has 1 aromatic carbocycles. The standard InChI is InChI=1S/C16H25N3O/c1-12-7-8-19(13(2)9-12)11-15-5-3-14(4-6-15)10-16(20)18-17/h3-6,12-13H,7-11,17H2,1-2H3,(H,18,20). The molecule has 0 aromatic heterocycles. The molecule has 1 aliphatic rings. The molecule has 2 rings (SSSR count). The second-order valence-corrected chi connectivity index (χ2v) is 6.01. The van der Waals surface area contributed by atoms with E-state index in [1.807, 2.05) is 12.1 Å². The molecule has 1 aromatic rings. The van der Waals surface area contributed by atoms with Crippen LogP contribution in [0.1, 0.15) is 37.8 Å². The van der Waals surface area contributed by atoms with Gasteiger partial charge in [0.25, 0.3) is 0 Å². The molecular formula is C16H25N3O. The summed E-state index contributed by atoms with van der Waals surface area (Å²) in [6, 6.07) is 8.92. The van der Waals surface area contributed by atoms with Crippen LogP contribution in [0.4, 0.5) is 0 Å². The van der Waals surface area contributed by atoms with E-state index in [4.69, 9.17) is 5.84 Å². The van der Waals surface area contributed by atoms with Gasteiger partial charge in [-0.05, 0) is 43.4 Å². The highest BCUT2D eigenvalue weighted by Gasteiger charge is 2.22. The van der Waals surface area contributed by atoms with Crippen molar-refractivity contribution in [1.82, 2.24) is 10.3 Å². The number of hydrogen-bond acceptors (Lipinski definition) is 3. The van der Waals surface area contributed by atoms with Crippen molar-refractivity contribution in [2.45, 2.75) is 45.7 Å². The molecule has 0 bridgehead atoms. The van der Waals surface area contributed by atoms with Gasteiger partial charge in [0.1, 0.15) is 0 Å². The van der Waals surface area contributed by atoms with Gasteiger partial charge in [0, 0.05) is 12.6 Å². The molecular weight excluding hydrogens is 250 g/mol. The van der Waals surface area contributed by atoms with E-state index in [1.54, 1.807) is 0 Å². The molecule has 20 heavy (non-hydrogen) atoms. The summed E-state index contributed by atoms with van der Waals surface area (Å²) in [6.45, 7) is 6.83. The van der Waals surface area contributed by atoms with Crippen molar-refractivity contribution in [3.05, 3.63) is 35.4 Å². The highest BCUT2D eigenvalue weighted by atomic mass is 16.2. The van der Waals surface area contributed by atoms with Gasteiger partial charge in [-0.1, -0.05) is 31.2 Å². The Kier molecular flexibility index (Phi) is 5.15. The van der Waals surface area contributed by atoms with E-state index in [-0.39, 0.29) is 5.91 Å². The van der Waals surface area contributed by atoms with Gasteiger partial charge in [0.05, 0.1) is 6.42 Å². The Morgan fingerprint density at radius 3 is 2.55 bits per heavy atom. The lowest BCUT2D eigenvalue weighted by Gasteiger charge is -2.36. The van der Waals surface area contributed by atoms with Gasteiger partial charge in [-0.2, -0.15) is 0 Å². The van der Waals surface area contributed by atoms with E-state index >= 15 is 0 Å². The van der Waals surface area contributed by atoms with Crippen molar-refractivity contribution in [3.63, 3.8) is 0 Å². The molecule has 3 N–H and O–H groups in total. The Labute approximate surface area is 121 Å². The number of carbonyl (C=O) groups excluding carboxylic acids is 1. The van der Waals surface area contributed by atoms with Crippen molar-refractivity contribution in [2.75, 3.05) is 6.54 Å². The van der Waals surface area contributed by atoms with Crippen LogP contribution in [-0.2, 0) is 17.8 Å². The average molecular weight is 275 g/mol. The average Bonchev–Trinajstić information content (AvgIpc) is 2.44. The topological polar surface area (TPSA) is 58.4 Å². The van der Waals surface area contributed by atoms with Crippen molar-refractivity contribution >= 4 is 5.91 Å². The zero-order chi connectivity index (χ0) is 14.5.